The van der Waals surface area contributed by atoms with Gasteiger partial charge in [-0.1, -0.05) is 0 Å². The third-order valence-electron chi connectivity index (χ3n) is 4.71. The SMILES string of the molecule is OC1(CN2CCC(c3ccncc3)CC2)CCOCC1. The lowest BCUT2D eigenvalue weighted by Crippen LogP contribution is -2.48. The van der Waals surface area contributed by atoms with E-state index in [2.05, 4.69) is 22.0 Å². The Morgan fingerprint density at radius 2 is 1.85 bits per heavy atom. The Labute approximate surface area is 120 Å². The molecule has 4 nitrogen and oxygen atoms in total. The Morgan fingerprint density at radius 3 is 2.50 bits per heavy atom. The van der Waals surface area contributed by atoms with Crippen molar-refractivity contribution in [2.45, 2.75) is 37.2 Å². The Balaban J connectivity index is 1.51. The molecule has 2 aliphatic heterocycles. The summed E-state index contributed by atoms with van der Waals surface area (Å²) in [5, 5.41) is 10.6. The topological polar surface area (TPSA) is 45.6 Å². The lowest BCUT2D eigenvalue weighted by molar-refractivity contribution is -0.0820. The van der Waals surface area contributed by atoms with Gasteiger partial charge in [0, 0.05) is 45.0 Å². The molecule has 2 fully saturated rings. The van der Waals surface area contributed by atoms with Gasteiger partial charge in [0.2, 0.25) is 0 Å². The number of piperidine rings is 1. The van der Waals surface area contributed by atoms with Crippen LogP contribution in [0.25, 0.3) is 0 Å². The van der Waals surface area contributed by atoms with Crippen LogP contribution in [-0.4, -0.2) is 53.4 Å². The van der Waals surface area contributed by atoms with Gasteiger partial charge in [0.1, 0.15) is 0 Å². The van der Waals surface area contributed by atoms with Crippen LogP contribution in [-0.2, 0) is 4.74 Å². The number of β-amino-alcohol motifs (C(OH)–C–C–N with tert-alkyl or cyclic N) is 1. The number of hydrogen-bond acceptors (Lipinski definition) is 4. The highest BCUT2D eigenvalue weighted by molar-refractivity contribution is 5.16. The molecule has 0 unspecified atom stereocenters. The zero-order valence-electron chi connectivity index (χ0n) is 12.0. The van der Waals surface area contributed by atoms with E-state index in [1.165, 1.54) is 18.4 Å². The number of pyridine rings is 1. The molecule has 0 atom stereocenters. The van der Waals surface area contributed by atoms with Gasteiger partial charge in [0.15, 0.2) is 0 Å². The molecule has 0 saturated carbocycles. The van der Waals surface area contributed by atoms with Gasteiger partial charge in [-0.15, -0.1) is 0 Å². The maximum atomic E-state index is 10.6. The summed E-state index contributed by atoms with van der Waals surface area (Å²) in [6.07, 6.45) is 7.67. The van der Waals surface area contributed by atoms with Crippen LogP contribution in [0.3, 0.4) is 0 Å². The number of ether oxygens (including phenoxy) is 1. The minimum Gasteiger partial charge on any atom is -0.388 e. The van der Waals surface area contributed by atoms with Crippen molar-refractivity contribution in [3.8, 4) is 0 Å². The van der Waals surface area contributed by atoms with Gasteiger partial charge in [0.05, 0.1) is 5.60 Å². The van der Waals surface area contributed by atoms with E-state index in [9.17, 15) is 5.11 Å². The van der Waals surface area contributed by atoms with Crippen molar-refractivity contribution in [1.29, 1.82) is 0 Å². The first-order valence-corrected chi connectivity index (χ1v) is 7.68. The largest absolute Gasteiger partial charge is 0.388 e. The molecule has 20 heavy (non-hydrogen) atoms. The van der Waals surface area contributed by atoms with Crippen LogP contribution in [0.5, 0.6) is 0 Å². The second kappa shape index (κ2) is 6.20. The van der Waals surface area contributed by atoms with E-state index < -0.39 is 5.60 Å². The van der Waals surface area contributed by atoms with Crippen molar-refractivity contribution in [1.82, 2.24) is 9.88 Å². The number of rotatable bonds is 3. The van der Waals surface area contributed by atoms with Gasteiger partial charge in [-0.25, -0.2) is 0 Å². The van der Waals surface area contributed by atoms with E-state index in [4.69, 9.17) is 4.74 Å². The molecular formula is C16H24N2O2. The summed E-state index contributed by atoms with van der Waals surface area (Å²) >= 11 is 0. The molecule has 110 valence electrons. The molecule has 0 amide bonds. The van der Waals surface area contributed by atoms with E-state index in [-0.39, 0.29) is 0 Å². The van der Waals surface area contributed by atoms with E-state index in [0.29, 0.717) is 19.1 Å². The van der Waals surface area contributed by atoms with Crippen molar-refractivity contribution in [3.05, 3.63) is 30.1 Å². The molecule has 2 saturated heterocycles. The van der Waals surface area contributed by atoms with Gasteiger partial charge in [-0.05, 0) is 49.5 Å². The first-order chi connectivity index (χ1) is 9.75. The number of likely N-dealkylation sites (tertiary alicyclic amines) is 1. The predicted octanol–water partition coefficient (Wildman–Crippen LogP) is 1.80. The third-order valence-corrected chi connectivity index (χ3v) is 4.71. The van der Waals surface area contributed by atoms with Crippen molar-refractivity contribution < 1.29 is 9.84 Å². The minimum absolute atomic E-state index is 0.526. The molecule has 2 aliphatic rings. The zero-order valence-corrected chi connectivity index (χ0v) is 12.0. The summed E-state index contributed by atoms with van der Waals surface area (Å²) in [4.78, 5) is 6.51. The minimum atomic E-state index is -0.526. The lowest BCUT2D eigenvalue weighted by Gasteiger charge is -2.40. The normalized spacial score (nSPS) is 24.6. The predicted molar refractivity (Wildman–Crippen MR) is 77.7 cm³/mol. The van der Waals surface area contributed by atoms with Crippen LogP contribution in [0.15, 0.2) is 24.5 Å². The summed E-state index contributed by atoms with van der Waals surface area (Å²) in [6, 6.07) is 4.26. The monoisotopic (exact) mass is 276 g/mol. The Kier molecular flexibility index (Phi) is 4.34. The van der Waals surface area contributed by atoms with Crippen molar-refractivity contribution in [3.63, 3.8) is 0 Å². The molecule has 0 radical (unpaired) electrons. The van der Waals surface area contributed by atoms with E-state index in [1.54, 1.807) is 0 Å². The Bertz CT molecular complexity index is 410. The quantitative estimate of drug-likeness (QED) is 0.914. The van der Waals surface area contributed by atoms with E-state index in [0.717, 1.165) is 32.5 Å². The molecule has 4 heteroatoms. The van der Waals surface area contributed by atoms with Crippen LogP contribution in [0.2, 0.25) is 0 Å². The van der Waals surface area contributed by atoms with Crippen LogP contribution in [0, 0.1) is 0 Å². The fourth-order valence-corrected chi connectivity index (χ4v) is 3.39. The fourth-order valence-electron chi connectivity index (χ4n) is 3.39. The van der Waals surface area contributed by atoms with Crippen LogP contribution in [0.4, 0.5) is 0 Å². The molecule has 0 aromatic carbocycles. The standard InChI is InChI=1S/C16H24N2O2/c19-16(5-11-20-12-6-16)13-18-9-3-15(4-10-18)14-1-7-17-8-2-14/h1-2,7-8,15,19H,3-6,9-13H2. The van der Waals surface area contributed by atoms with Gasteiger partial charge in [0.25, 0.3) is 0 Å². The molecule has 0 aliphatic carbocycles. The second-order valence-corrected chi connectivity index (χ2v) is 6.17. The van der Waals surface area contributed by atoms with Gasteiger partial charge in [-0.3, -0.25) is 4.98 Å². The molecule has 0 bridgehead atoms. The lowest BCUT2D eigenvalue weighted by atomic mass is 9.88. The summed E-state index contributed by atoms with van der Waals surface area (Å²) in [5.74, 6) is 0.651. The maximum Gasteiger partial charge on any atom is 0.0817 e. The zero-order chi connectivity index (χ0) is 13.8. The van der Waals surface area contributed by atoms with Crippen LogP contribution < -0.4 is 0 Å². The average Bonchev–Trinajstić information content (AvgIpc) is 2.49. The molecule has 1 N–H and O–H groups in total. The number of aromatic nitrogens is 1. The molecular weight excluding hydrogens is 252 g/mol. The third kappa shape index (κ3) is 3.37. The van der Waals surface area contributed by atoms with Crippen LogP contribution in [0.1, 0.15) is 37.2 Å². The first-order valence-electron chi connectivity index (χ1n) is 7.68. The van der Waals surface area contributed by atoms with Crippen molar-refractivity contribution >= 4 is 0 Å². The Hall–Kier alpha value is -0.970. The van der Waals surface area contributed by atoms with Crippen molar-refractivity contribution in [2.75, 3.05) is 32.8 Å². The van der Waals surface area contributed by atoms with Gasteiger partial charge >= 0.3 is 0 Å². The highest BCUT2D eigenvalue weighted by atomic mass is 16.5. The maximum absolute atomic E-state index is 10.6. The Morgan fingerprint density at radius 1 is 1.20 bits per heavy atom. The summed E-state index contributed by atoms with van der Waals surface area (Å²) < 4.78 is 5.34. The molecule has 0 spiro atoms. The van der Waals surface area contributed by atoms with E-state index in [1.807, 2.05) is 12.4 Å². The molecule has 1 aromatic rings. The average molecular weight is 276 g/mol. The highest BCUT2D eigenvalue weighted by Crippen LogP contribution is 2.29. The van der Waals surface area contributed by atoms with Gasteiger partial charge < -0.3 is 14.7 Å². The first kappa shape index (κ1) is 14.0. The molecule has 3 rings (SSSR count). The summed E-state index contributed by atoms with van der Waals surface area (Å²) in [5.41, 5.74) is 0.881. The van der Waals surface area contributed by atoms with E-state index >= 15 is 0 Å². The van der Waals surface area contributed by atoms with Crippen molar-refractivity contribution in [2.24, 2.45) is 0 Å². The van der Waals surface area contributed by atoms with Gasteiger partial charge in [-0.2, -0.15) is 0 Å². The number of aliphatic hydroxyl groups is 1. The summed E-state index contributed by atoms with van der Waals surface area (Å²) in [7, 11) is 0. The molecule has 3 heterocycles. The molecule has 1 aromatic heterocycles. The highest BCUT2D eigenvalue weighted by Gasteiger charge is 2.33. The summed E-state index contributed by atoms with van der Waals surface area (Å²) in [6.45, 7) is 4.36. The van der Waals surface area contributed by atoms with Crippen LogP contribution >= 0.6 is 0 Å². The second-order valence-electron chi connectivity index (χ2n) is 6.17. The fraction of sp³-hybridized carbons (Fsp3) is 0.688. The number of nitrogens with zero attached hydrogens (tertiary/aromatic N) is 2. The number of hydrogen-bond donors (Lipinski definition) is 1. The smallest absolute Gasteiger partial charge is 0.0817 e.